The van der Waals surface area contributed by atoms with Crippen LogP contribution in [0.4, 0.5) is 11.4 Å². The number of hydrogen-bond donors (Lipinski definition) is 2. The van der Waals surface area contributed by atoms with Crippen LogP contribution >= 0.6 is 15.9 Å². The number of benzene rings is 2. The van der Waals surface area contributed by atoms with Gasteiger partial charge in [-0.2, -0.15) is 0 Å². The Kier molecular flexibility index (Phi) is 5.34. The van der Waals surface area contributed by atoms with Gasteiger partial charge in [-0.05, 0) is 67.3 Å². The Hall–Kier alpha value is -2.40. The normalized spacial score (nSPS) is 13.7. The molecule has 0 aromatic heterocycles. The predicted octanol–water partition coefficient (Wildman–Crippen LogP) is 4.76. The van der Waals surface area contributed by atoms with Crippen LogP contribution in [0.25, 0.3) is 6.08 Å². The number of aryl methyl sites for hydroxylation is 1. The molecule has 0 bridgehead atoms. The highest BCUT2D eigenvalue weighted by Gasteiger charge is 2.29. The largest absolute Gasteiger partial charge is 0.326 e. The van der Waals surface area contributed by atoms with E-state index in [-0.39, 0.29) is 17.7 Å². The van der Waals surface area contributed by atoms with Crippen molar-refractivity contribution in [3.05, 3.63) is 64.1 Å². The van der Waals surface area contributed by atoms with Crippen LogP contribution in [0.3, 0.4) is 0 Å². The van der Waals surface area contributed by atoms with Gasteiger partial charge in [0.25, 0.3) is 0 Å². The van der Waals surface area contributed by atoms with Crippen LogP contribution in [0.2, 0.25) is 0 Å². The summed E-state index contributed by atoms with van der Waals surface area (Å²) in [7, 11) is 0. The Morgan fingerprint density at radius 1 is 1.04 bits per heavy atom. The van der Waals surface area contributed by atoms with Gasteiger partial charge in [0.15, 0.2) is 0 Å². The molecule has 2 aromatic carbocycles. The first-order chi connectivity index (χ1) is 12.0. The summed E-state index contributed by atoms with van der Waals surface area (Å²) in [6.07, 6.45) is 5.22. The molecule has 1 fully saturated rings. The average Bonchev–Trinajstić information content (AvgIpc) is 3.41. The summed E-state index contributed by atoms with van der Waals surface area (Å²) in [6, 6.07) is 13.1. The fourth-order valence-corrected chi connectivity index (χ4v) is 2.97. The molecule has 0 radical (unpaired) electrons. The Morgan fingerprint density at radius 3 is 2.28 bits per heavy atom. The second-order valence-electron chi connectivity index (χ2n) is 6.19. The molecule has 2 amide bonds. The lowest BCUT2D eigenvalue weighted by Gasteiger charge is -2.06. The van der Waals surface area contributed by atoms with Crippen LogP contribution in [0.1, 0.15) is 24.0 Å². The molecule has 2 N–H and O–H groups in total. The fraction of sp³-hybridized carbons (Fsp3) is 0.200. The van der Waals surface area contributed by atoms with Crippen LogP contribution in [0.5, 0.6) is 0 Å². The first-order valence-electron chi connectivity index (χ1n) is 8.17. The minimum Gasteiger partial charge on any atom is -0.326 e. The summed E-state index contributed by atoms with van der Waals surface area (Å²) < 4.78 is 0.951. The Balaban J connectivity index is 1.56. The summed E-state index contributed by atoms with van der Waals surface area (Å²) in [5.74, 6) is 0.0382. The molecule has 3 rings (SSSR count). The van der Waals surface area contributed by atoms with Crippen molar-refractivity contribution in [3.63, 3.8) is 0 Å². The van der Waals surface area contributed by atoms with Gasteiger partial charge in [0, 0.05) is 27.8 Å². The highest BCUT2D eigenvalue weighted by molar-refractivity contribution is 9.10. The first kappa shape index (κ1) is 17.4. The van der Waals surface area contributed by atoms with E-state index in [1.807, 2.05) is 25.1 Å². The maximum atomic E-state index is 12.0. The minimum atomic E-state index is -0.206. The molecule has 0 spiro atoms. The number of hydrogen-bond acceptors (Lipinski definition) is 2. The van der Waals surface area contributed by atoms with Crippen molar-refractivity contribution in [2.75, 3.05) is 10.6 Å². The van der Waals surface area contributed by atoms with Gasteiger partial charge in [0.1, 0.15) is 0 Å². The molecule has 25 heavy (non-hydrogen) atoms. The van der Waals surface area contributed by atoms with Crippen molar-refractivity contribution in [3.8, 4) is 0 Å². The number of nitrogens with one attached hydrogen (secondary N) is 2. The Morgan fingerprint density at radius 2 is 1.68 bits per heavy atom. The zero-order valence-electron chi connectivity index (χ0n) is 13.9. The van der Waals surface area contributed by atoms with Crippen molar-refractivity contribution in [2.24, 2.45) is 5.92 Å². The molecule has 4 nitrogen and oxygen atoms in total. The molecule has 5 heteroatoms. The number of amides is 2. The summed E-state index contributed by atoms with van der Waals surface area (Å²) in [6.45, 7) is 2.02. The maximum Gasteiger partial charge on any atom is 0.248 e. The lowest BCUT2D eigenvalue weighted by atomic mass is 10.1. The van der Waals surface area contributed by atoms with Crippen LogP contribution in [0, 0.1) is 12.8 Å². The third-order valence-corrected chi connectivity index (χ3v) is 4.63. The molecule has 0 saturated heterocycles. The van der Waals surface area contributed by atoms with Gasteiger partial charge in [-0.1, -0.05) is 28.1 Å². The standard InChI is InChI=1S/C20H19BrN2O2/c1-13-2-3-14(18(21)12-13)6-11-19(24)22-16-7-9-17(10-8-16)23-20(25)15-4-5-15/h2-3,6-12,15H,4-5H2,1H3,(H,22,24)(H,23,25)/b11-6+. The van der Waals surface area contributed by atoms with E-state index in [9.17, 15) is 9.59 Å². The molecular formula is C20H19BrN2O2. The number of anilines is 2. The quantitative estimate of drug-likeness (QED) is 0.713. The fourth-order valence-electron chi connectivity index (χ4n) is 2.34. The van der Waals surface area contributed by atoms with Crippen LogP contribution < -0.4 is 10.6 Å². The molecule has 0 unspecified atom stereocenters. The molecule has 2 aromatic rings. The van der Waals surface area contributed by atoms with Gasteiger partial charge in [-0.25, -0.2) is 0 Å². The van der Waals surface area contributed by atoms with Crippen molar-refractivity contribution >= 4 is 45.2 Å². The zero-order valence-corrected chi connectivity index (χ0v) is 15.5. The molecule has 1 aliphatic carbocycles. The van der Waals surface area contributed by atoms with Gasteiger partial charge >= 0.3 is 0 Å². The maximum absolute atomic E-state index is 12.0. The molecule has 0 heterocycles. The summed E-state index contributed by atoms with van der Waals surface area (Å²) >= 11 is 3.49. The monoisotopic (exact) mass is 398 g/mol. The molecular weight excluding hydrogens is 380 g/mol. The van der Waals surface area contributed by atoms with Gasteiger partial charge in [0.2, 0.25) is 11.8 Å². The van der Waals surface area contributed by atoms with Crippen molar-refractivity contribution in [2.45, 2.75) is 19.8 Å². The van der Waals surface area contributed by atoms with Crippen LogP contribution in [0.15, 0.2) is 53.0 Å². The predicted molar refractivity (Wildman–Crippen MR) is 104 cm³/mol. The molecule has 1 aliphatic rings. The zero-order chi connectivity index (χ0) is 17.8. The van der Waals surface area contributed by atoms with E-state index >= 15 is 0 Å². The topological polar surface area (TPSA) is 58.2 Å². The van der Waals surface area contributed by atoms with Gasteiger partial charge in [-0.15, -0.1) is 0 Å². The molecule has 128 valence electrons. The molecule has 0 atom stereocenters. The van der Waals surface area contributed by atoms with Gasteiger partial charge in [-0.3, -0.25) is 9.59 Å². The van der Waals surface area contributed by atoms with E-state index in [0.29, 0.717) is 5.69 Å². The first-order valence-corrected chi connectivity index (χ1v) is 8.97. The van der Waals surface area contributed by atoms with E-state index < -0.39 is 0 Å². The minimum absolute atomic E-state index is 0.0726. The summed E-state index contributed by atoms with van der Waals surface area (Å²) in [5.41, 5.74) is 3.53. The average molecular weight is 399 g/mol. The molecule has 1 saturated carbocycles. The smallest absolute Gasteiger partial charge is 0.248 e. The number of rotatable bonds is 5. The lowest BCUT2D eigenvalue weighted by molar-refractivity contribution is -0.117. The van der Waals surface area contributed by atoms with E-state index in [0.717, 1.165) is 34.1 Å². The van der Waals surface area contributed by atoms with Crippen molar-refractivity contribution in [1.29, 1.82) is 0 Å². The van der Waals surface area contributed by atoms with Gasteiger partial charge < -0.3 is 10.6 Å². The van der Waals surface area contributed by atoms with E-state index in [1.165, 1.54) is 6.08 Å². The third kappa shape index (κ3) is 5.03. The Bertz CT molecular complexity index is 824. The van der Waals surface area contributed by atoms with Crippen molar-refractivity contribution < 1.29 is 9.59 Å². The lowest BCUT2D eigenvalue weighted by Crippen LogP contribution is -2.13. The van der Waals surface area contributed by atoms with E-state index in [4.69, 9.17) is 0 Å². The van der Waals surface area contributed by atoms with Crippen molar-refractivity contribution in [1.82, 2.24) is 0 Å². The van der Waals surface area contributed by atoms with E-state index in [2.05, 4.69) is 26.6 Å². The third-order valence-electron chi connectivity index (χ3n) is 3.94. The second-order valence-corrected chi connectivity index (χ2v) is 7.04. The highest BCUT2D eigenvalue weighted by atomic mass is 79.9. The Labute approximate surface area is 155 Å². The number of halogens is 1. The second kappa shape index (κ2) is 7.66. The summed E-state index contributed by atoms with van der Waals surface area (Å²) in [5, 5.41) is 5.68. The SMILES string of the molecule is Cc1ccc(/C=C/C(=O)Nc2ccc(NC(=O)C3CC3)cc2)c(Br)c1. The van der Waals surface area contributed by atoms with Gasteiger partial charge in [0.05, 0.1) is 0 Å². The highest BCUT2D eigenvalue weighted by Crippen LogP contribution is 2.30. The number of carbonyl (C=O) groups is 2. The van der Waals surface area contributed by atoms with E-state index in [1.54, 1.807) is 30.3 Å². The number of carbonyl (C=O) groups excluding carboxylic acids is 2. The van der Waals surface area contributed by atoms with Crippen LogP contribution in [-0.2, 0) is 9.59 Å². The molecule has 0 aliphatic heterocycles. The van der Waals surface area contributed by atoms with Crippen LogP contribution in [-0.4, -0.2) is 11.8 Å². The summed E-state index contributed by atoms with van der Waals surface area (Å²) in [4.78, 5) is 23.8.